The van der Waals surface area contributed by atoms with E-state index in [1.165, 1.54) is 19.6 Å². The second-order valence-corrected chi connectivity index (χ2v) is 4.96. The maximum atomic E-state index is 13.6. The first-order chi connectivity index (χ1) is 12.0. The third kappa shape index (κ3) is 3.27. The van der Waals surface area contributed by atoms with E-state index in [9.17, 15) is 18.4 Å². The molecule has 0 unspecified atom stereocenters. The van der Waals surface area contributed by atoms with Gasteiger partial charge in [-0.05, 0) is 19.1 Å². The number of nitrogens with zero attached hydrogens (tertiary/aromatic N) is 3. The first-order valence-electron chi connectivity index (χ1n) is 7.07. The molecule has 0 aliphatic heterocycles. The molecule has 0 fully saturated rings. The highest BCUT2D eigenvalue weighted by atomic mass is 19.1. The molecule has 0 radical (unpaired) electrons. The molecule has 2 aromatic heterocycles. The number of fused-ring (bicyclic) bond motifs is 1. The van der Waals surface area contributed by atoms with Crippen LogP contribution in [-0.4, -0.2) is 37.9 Å². The number of nitrogens with one attached hydrogen (secondary N) is 2. The highest BCUT2D eigenvalue weighted by Gasteiger charge is 2.24. The van der Waals surface area contributed by atoms with Gasteiger partial charge in [-0.15, -0.1) is 0 Å². The monoisotopic (exact) mass is 347 g/mol. The van der Waals surface area contributed by atoms with Gasteiger partial charge in [0.05, 0.1) is 6.33 Å². The summed E-state index contributed by atoms with van der Waals surface area (Å²) in [6.45, 7) is 1.26. The molecule has 2 N–H and O–H groups in total. The molecule has 0 saturated heterocycles. The van der Waals surface area contributed by atoms with Crippen molar-refractivity contribution >= 4 is 28.9 Å². The molecule has 0 aliphatic carbocycles. The molecule has 0 spiro atoms. The Labute approximate surface area is 139 Å². The van der Waals surface area contributed by atoms with Gasteiger partial charge in [-0.2, -0.15) is 0 Å². The highest BCUT2D eigenvalue weighted by molar-refractivity contribution is 6.00. The largest absolute Gasteiger partial charge is 0.449 e. The fourth-order valence-corrected chi connectivity index (χ4v) is 2.04. The van der Waals surface area contributed by atoms with Gasteiger partial charge in [-0.3, -0.25) is 4.79 Å². The summed E-state index contributed by atoms with van der Waals surface area (Å²) in [5.41, 5.74) is -0.141. The predicted molar refractivity (Wildman–Crippen MR) is 81.5 cm³/mol. The van der Waals surface area contributed by atoms with Gasteiger partial charge < -0.3 is 15.0 Å². The third-order valence-electron chi connectivity index (χ3n) is 3.28. The second kappa shape index (κ2) is 6.59. The first-order valence-corrected chi connectivity index (χ1v) is 7.07. The maximum absolute atomic E-state index is 13.6. The van der Waals surface area contributed by atoms with Crippen LogP contribution in [0.5, 0.6) is 0 Å². The number of amides is 1. The average Bonchev–Trinajstić information content (AvgIpc) is 3.04. The van der Waals surface area contributed by atoms with Crippen LogP contribution in [0.25, 0.3) is 11.2 Å². The SMILES string of the molecule is C[C@@H](OC(=O)c1c(F)cccc1F)C(=O)Nc1ncnc2nc[nH]c12. The Morgan fingerprint density at radius 3 is 2.64 bits per heavy atom. The van der Waals surface area contributed by atoms with Crippen LogP contribution in [0, 0.1) is 11.6 Å². The van der Waals surface area contributed by atoms with Crippen molar-refractivity contribution in [1.82, 2.24) is 19.9 Å². The van der Waals surface area contributed by atoms with Crippen molar-refractivity contribution in [2.24, 2.45) is 0 Å². The minimum absolute atomic E-state index is 0.132. The number of carbonyl (C=O) groups is 2. The normalized spacial score (nSPS) is 12.0. The Morgan fingerprint density at radius 2 is 1.92 bits per heavy atom. The number of benzene rings is 1. The van der Waals surface area contributed by atoms with Gasteiger partial charge in [-0.1, -0.05) is 6.07 Å². The van der Waals surface area contributed by atoms with E-state index in [1.807, 2.05) is 0 Å². The molecule has 1 atom stereocenters. The van der Waals surface area contributed by atoms with Crippen molar-refractivity contribution in [3.05, 3.63) is 48.1 Å². The average molecular weight is 347 g/mol. The Bertz CT molecular complexity index is 939. The van der Waals surface area contributed by atoms with Crippen molar-refractivity contribution in [2.75, 3.05) is 5.32 Å². The summed E-state index contributed by atoms with van der Waals surface area (Å²) in [6.07, 6.45) is 1.25. The number of rotatable bonds is 4. The molecule has 1 amide bonds. The number of halogens is 2. The molecule has 128 valence electrons. The third-order valence-corrected chi connectivity index (χ3v) is 3.28. The maximum Gasteiger partial charge on any atom is 0.344 e. The van der Waals surface area contributed by atoms with Crippen LogP contribution in [0.2, 0.25) is 0 Å². The van der Waals surface area contributed by atoms with Gasteiger partial charge in [0.1, 0.15) is 29.0 Å². The van der Waals surface area contributed by atoms with E-state index in [4.69, 9.17) is 4.74 Å². The first kappa shape index (κ1) is 16.4. The van der Waals surface area contributed by atoms with Crippen LogP contribution in [0.3, 0.4) is 0 Å². The van der Waals surface area contributed by atoms with Crippen LogP contribution in [0.1, 0.15) is 17.3 Å². The van der Waals surface area contributed by atoms with Crippen molar-refractivity contribution in [3.8, 4) is 0 Å². The number of carbonyl (C=O) groups excluding carboxylic acids is 2. The topological polar surface area (TPSA) is 110 Å². The summed E-state index contributed by atoms with van der Waals surface area (Å²) < 4.78 is 32.0. The molecule has 0 saturated carbocycles. The van der Waals surface area contributed by atoms with E-state index >= 15 is 0 Å². The molecule has 8 nitrogen and oxygen atoms in total. The van der Waals surface area contributed by atoms with E-state index in [2.05, 4.69) is 25.3 Å². The summed E-state index contributed by atoms with van der Waals surface area (Å²) in [5, 5.41) is 2.43. The predicted octanol–water partition coefficient (Wildman–Crippen LogP) is 1.82. The fourth-order valence-electron chi connectivity index (χ4n) is 2.04. The van der Waals surface area contributed by atoms with Crippen LogP contribution < -0.4 is 5.32 Å². The molecule has 10 heteroatoms. The zero-order valence-electron chi connectivity index (χ0n) is 12.8. The fraction of sp³-hybridized carbons (Fsp3) is 0.133. The number of H-pyrrole nitrogens is 1. The summed E-state index contributed by atoms with van der Waals surface area (Å²) in [4.78, 5) is 38.5. The van der Waals surface area contributed by atoms with E-state index in [1.54, 1.807) is 0 Å². The summed E-state index contributed by atoms with van der Waals surface area (Å²) in [7, 11) is 0. The van der Waals surface area contributed by atoms with Gasteiger partial charge in [0.15, 0.2) is 17.6 Å². The summed E-state index contributed by atoms with van der Waals surface area (Å²) in [6, 6.07) is 2.95. The molecule has 2 heterocycles. The number of anilines is 1. The second-order valence-electron chi connectivity index (χ2n) is 4.96. The quantitative estimate of drug-likeness (QED) is 0.697. The molecular formula is C15H11F2N5O3. The number of aromatic amines is 1. The molecule has 0 bridgehead atoms. The number of ether oxygens (including phenoxy) is 1. The van der Waals surface area contributed by atoms with Crippen molar-refractivity contribution in [3.63, 3.8) is 0 Å². The van der Waals surface area contributed by atoms with Gasteiger partial charge in [-0.25, -0.2) is 28.5 Å². The van der Waals surface area contributed by atoms with Crippen LogP contribution in [0.15, 0.2) is 30.9 Å². The van der Waals surface area contributed by atoms with Crippen molar-refractivity contribution in [1.29, 1.82) is 0 Å². The smallest absolute Gasteiger partial charge is 0.344 e. The van der Waals surface area contributed by atoms with E-state index in [0.29, 0.717) is 11.2 Å². The lowest BCUT2D eigenvalue weighted by Gasteiger charge is -2.13. The Morgan fingerprint density at radius 1 is 1.20 bits per heavy atom. The number of hydrogen-bond acceptors (Lipinski definition) is 6. The minimum atomic E-state index is -1.32. The molecule has 0 aliphatic rings. The lowest BCUT2D eigenvalue weighted by atomic mass is 10.2. The lowest BCUT2D eigenvalue weighted by molar-refractivity contribution is -0.123. The van der Waals surface area contributed by atoms with E-state index in [0.717, 1.165) is 18.2 Å². The molecular weight excluding hydrogens is 336 g/mol. The highest BCUT2D eigenvalue weighted by Crippen LogP contribution is 2.17. The Kier molecular flexibility index (Phi) is 4.33. The molecule has 3 aromatic rings. The van der Waals surface area contributed by atoms with Gasteiger partial charge in [0.2, 0.25) is 0 Å². The number of esters is 1. The van der Waals surface area contributed by atoms with Crippen LogP contribution >= 0.6 is 0 Å². The van der Waals surface area contributed by atoms with Crippen LogP contribution in [0.4, 0.5) is 14.6 Å². The minimum Gasteiger partial charge on any atom is -0.449 e. The number of imidazole rings is 1. The molecule has 25 heavy (non-hydrogen) atoms. The Hall–Kier alpha value is -3.43. The Balaban J connectivity index is 1.73. The summed E-state index contributed by atoms with van der Waals surface area (Å²) in [5.74, 6) is -4.04. The van der Waals surface area contributed by atoms with E-state index < -0.39 is 35.2 Å². The van der Waals surface area contributed by atoms with Gasteiger partial charge in [0, 0.05) is 0 Å². The standard InChI is InChI=1S/C15H11F2N5O3/c1-7(25-15(24)10-8(16)3-2-4-9(10)17)14(23)22-13-11-12(19-5-18-11)20-6-21-13/h2-7H,1H3,(H2,18,19,20,21,22,23)/t7-/m1/s1. The zero-order valence-corrected chi connectivity index (χ0v) is 12.8. The molecule has 1 aromatic carbocycles. The lowest BCUT2D eigenvalue weighted by Crippen LogP contribution is -2.31. The summed E-state index contributed by atoms with van der Waals surface area (Å²) >= 11 is 0. The van der Waals surface area contributed by atoms with Crippen molar-refractivity contribution in [2.45, 2.75) is 13.0 Å². The number of hydrogen-bond donors (Lipinski definition) is 2. The van der Waals surface area contributed by atoms with Crippen molar-refractivity contribution < 1.29 is 23.1 Å². The zero-order chi connectivity index (χ0) is 18.0. The van der Waals surface area contributed by atoms with E-state index in [-0.39, 0.29) is 5.82 Å². The number of aromatic nitrogens is 4. The molecule has 3 rings (SSSR count). The van der Waals surface area contributed by atoms with Crippen LogP contribution in [-0.2, 0) is 9.53 Å². The van der Waals surface area contributed by atoms with Gasteiger partial charge in [0.25, 0.3) is 5.91 Å². The van der Waals surface area contributed by atoms with Gasteiger partial charge >= 0.3 is 5.97 Å².